The number of rotatable bonds is 18. The molecule has 6 aromatic rings. The van der Waals surface area contributed by atoms with Crippen LogP contribution in [0.5, 0.6) is 0 Å². The molecule has 0 N–H and O–H groups in total. The van der Waals surface area contributed by atoms with Gasteiger partial charge in [-0.3, -0.25) is 9.13 Å². The monoisotopic (exact) mass is 1040 g/mol. The van der Waals surface area contributed by atoms with Gasteiger partial charge in [-0.2, -0.15) is 0 Å². The predicted octanol–water partition coefficient (Wildman–Crippen LogP) is 17.5. The molecule has 0 fully saturated rings. The highest BCUT2D eigenvalue weighted by atomic mass is 79.9. The quantitative estimate of drug-likeness (QED) is 0.0799. The molecule has 4 aromatic carbocycles. The third-order valence-electron chi connectivity index (χ3n) is 9.72. The van der Waals surface area contributed by atoms with Gasteiger partial charge in [-0.25, -0.2) is 0 Å². The first kappa shape index (κ1) is 50.0. The van der Waals surface area contributed by atoms with Crippen molar-refractivity contribution in [2.75, 3.05) is 26.4 Å². The molecule has 0 spiro atoms. The average molecular weight is 1040 g/mol. The first-order chi connectivity index (χ1) is 29.7. The molecule has 0 saturated carbocycles. The fourth-order valence-electron chi connectivity index (χ4n) is 6.88. The highest BCUT2D eigenvalue weighted by molar-refractivity contribution is 9.11. The van der Waals surface area contributed by atoms with E-state index >= 15 is 0 Å². The Morgan fingerprint density at radius 2 is 1.00 bits per heavy atom. The Kier molecular flexibility index (Phi) is 19.2. The van der Waals surface area contributed by atoms with Crippen LogP contribution in [-0.2, 0) is 39.5 Å². The van der Waals surface area contributed by atoms with Gasteiger partial charge in [-0.15, -0.1) is 22.7 Å². The van der Waals surface area contributed by atoms with Crippen molar-refractivity contribution < 1.29 is 27.2 Å². The number of benzene rings is 4. The van der Waals surface area contributed by atoms with Gasteiger partial charge >= 0.3 is 15.2 Å². The van der Waals surface area contributed by atoms with Crippen molar-refractivity contribution in [3.05, 3.63) is 159 Å². The van der Waals surface area contributed by atoms with Gasteiger partial charge in [0.05, 0.1) is 46.3 Å². The molecule has 2 heterocycles. The second-order valence-electron chi connectivity index (χ2n) is 14.6. The molecule has 0 aliphatic heterocycles. The molecule has 2 aromatic heterocycles. The van der Waals surface area contributed by atoms with E-state index in [1.54, 1.807) is 50.4 Å². The lowest BCUT2D eigenvalue weighted by molar-refractivity contribution is 0.218. The topological polar surface area (TPSA) is 71.1 Å². The van der Waals surface area contributed by atoms with Gasteiger partial charge in [-0.1, -0.05) is 90.0 Å². The SMILES string of the molecule is CCOP(=O)(Cc1ccc(CP(=O)(OCC)OCC)c(-c2cc(C)ccc2C)c1)OCC.Cc1ccc(C)c(-c2cc(/C=C/c3ccc(Br)s3)ccc2/C=C/c2ccc(Br)s2)c1. The van der Waals surface area contributed by atoms with Gasteiger partial charge in [0, 0.05) is 9.75 Å². The highest BCUT2D eigenvalue weighted by Gasteiger charge is 2.28. The van der Waals surface area contributed by atoms with Crippen molar-refractivity contribution >= 4 is 94.0 Å². The summed E-state index contributed by atoms with van der Waals surface area (Å²) in [6.07, 6.45) is 9.11. The molecule has 62 heavy (non-hydrogen) atoms. The van der Waals surface area contributed by atoms with E-state index in [0.717, 1.165) is 41.0 Å². The lowest BCUT2D eigenvalue weighted by atomic mass is 9.92. The minimum absolute atomic E-state index is 0.159. The van der Waals surface area contributed by atoms with Crippen molar-refractivity contribution in [1.29, 1.82) is 0 Å². The van der Waals surface area contributed by atoms with Gasteiger partial charge in [0.15, 0.2) is 0 Å². The van der Waals surface area contributed by atoms with Crippen LogP contribution < -0.4 is 0 Å². The predicted molar refractivity (Wildman–Crippen MR) is 274 cm³/mol. The van der Waals surface area contributed by atoms with Crippen LogP contribution >= 0.6 is 69.7 Å². The van der Waals surface area contributed by atoms with Gasteiger partial charge in [0.1, 0.15) is 0 Å². The normalized spacial score (nSPS) is 12.0. The van der Waals surface area contributed by atoms with Gasteiger partial charge in [0.25, 0.3) is 0 Å². The highest BCUT2D eigenvalue weighted by Crippen LogP contribution is 2.54. The van der Waals surface area contributed by atoms with Crippen LogP contribution in [0.3, 0.4) is 0 Å². The van der Waals surface area contributed by atoms with Crippen LogP contribution in [0.15, 0.2) is 105 Å². The largest absolute Gasteiger partial charge is 0.335 e. The summed E-state index contributed by atoms with van der Waals surface area (Å²) in [5.74, 6) is 0. The minimum atomic E-state index is -3.30. The number of hydrogen-bond donors (Lipinski definition) is 0. The summed E-state index contributed by atoms with van der Waals surface area (Å²) in [5.41, 5.74) is 13.4. The summed E-state index contributed by atoms with van der Waals surface area (Å²) >= 11 is 10.6. The zero-order valence-electron chi connectivity index (χ0n) is 36.7. The first-order valence-electron chi connectivity index (χ1n) is 20.7. The summed E-state index contributed by atoms with van der Waals surface area (Å²) in [6.45, 7) is 16.9. The zero-order chi connectivity index (χ0) is 44.9. The van der Waals surface area contributed by atoms with Crippen LogP contribution in [0.4, 0.5) is 0 Å². The van der Waals surface area contributed by atoms with E-state index < -0.39 is 15.2 Å². The molecule has 0 radical (unpaired) electrons. The van der Waals surface area contributed by atoms with Crippen molar-refractivity contribution in [2.45, 2.75) is 67.7 Å². The third kappa shape index (κ3) is 14.5. The Bertz CT molecular complexity index is 2570. The van der Waals surface area contributed by atoms with Crippen LogP contribution in [0, 0.1) is 27.7 Å². The number of thiophene rings is 2. The van der Waals surface area contributed by atoms with E-state index in [1.165, 1.54) is 43.1 Å². The maximum atomic E-state index is 13.3. The van der Waals surface area contributed by atoms with Gasteiger partial charge < -0.3 is 18.1 Å². The lowest BCUT2D eigenvalue weighted by Gasteiger charge is -2.21. The Morgan fingerprint density at radius 3 is 1.50 bits per heavy atom. The van der Waals surface area contributed by atoms with Crippen molar-refractivity contribution in [1.82, 2.24) is 0 Å². The molecule has 0 saturated heterocycles. The molecule has 0 bridgehead atoms. The van der Waals surface area contributed by atoms with Crippen molar-refractivity contribution in [2.24, 2.45) is 0 Å². The van der Waals surface area contributed by atoms with Crippen LogP contribution in [-0.4, -0.2) is 26.4 Å². The zero-order valence-corrected chi connectivity index (χ0v) is 43.3. The summed E-state index contributed by atoms with van der Waals surface area (Å²) in [6, 6.07) is 33.9. The number of hydrogen-bond acceptors (Lipinski definition) is 8. The van der Waals surface area contributed by atoms with E-state index in [1.807, 2.05) is 32.0 Å². The Labute approximate surface area is 393 Å². The molecule has 0 aliphatic carbocycles. The summed E-state index contributed by atoms with van der Waals surface area (Å²) in [5, 5.41) is 0. The van der Waals surface area contributed by atoms with E-state index in [0.29, 0.717) is 26.4 Å². The molecule has 6 rings (SSSR count). The molecule has 0 unspecified atom stereocenters. The fourth-order valence-corrected chi connectivity index (χ4v) is 13.0. The third-order valence-corrected chi connectivity index (χ3v) is 17.0. The molecule has 328 valence electrons. The van der Waals surface area contributed by atoms with E-state index in [2.05, 4.69) is 149 Å². The fraction of sp³-hybridized carbons (Fsp3) is 0.280. The summed E-state index contributed by atoms with van der Waals surface area (Å²) < 4.78 is 50.7. The van der Waals surface area contributed by atoms with E-state index in [9.17, 15) is 9.13 Å². The number of halogens is 2. The smallest absolute Gasteiger partial charge is 0.309 e. The summed E-state index contributed by atoms with van der Waals surface area (Å²) in [4.78, 5) is 2.48. The van der Waals surface area contributed by atoms with E-state index in [-0.39, 0.29) is 12.3 Å². The minimum Gasteiger partial charge on any atom is -0.309 e. The van der Waals surface area contributed by atoms with Crippen molar-refractivity contribution in [3.63, 3.8) is 0 Å². The van der Waals surface area contributed by atoms with E-state index in [4.69, 9.17) is 18.1 Å². The average Bonchev–Trinajstić information content (AvgIpc) is 3.86. The molecular formula is C50H56Br2O6P2S2. The molecule has 0 amide bonds. The molecule has 12 heteroatoms. The van der Waals surface area contributed by atoms with Crippen LogP contribution in [0.2, 0.25) is 0 Å². The van der Waals surface area contributed by atoms with Gasteiger partial charge in [0.2, 0.25) is 0 Å². The second-order valence-corrected chi connectivity index (χ2v) is 23.7. The van der Waals surface area contributed by atoms with Gasteiger partial charge in [-0.05, 0) is 185 Å². The maximum absolute atomic E-state index is 13.3. The van der Waals surface area contributed by atoms with Crippen molar-refractivity contribution in [3.8, 4) is 22.3 Å². The molecular weight excluding hydrogens is 982 g/mol. The standard InChI is InChI=1S/C26H20Br2S2.C24H36O6P2/c1-17-3-4-18(2)23(15-17)24-16-19(6-9-21-11-13-25(27)29-21)5-7-20(24)8-10-22-12-14-26(28)30-22;1-7-27-31(25,28-8-2)17-21-13-14-22(18-32(26,29-9-3)30-10-4)24(16-21)23-15-19(5)11-12-20(23)6/h3-16H,1-2H3;11-16H,7-10,17-18H2,1-6H3/b9-6+,10-8+;. The molecule has 0 aliphatic rings. The summed E-state index contributed by atoms with van der Waals surface area (Å²) in [7, 11) is -6.55. The first-order valence-corrected chi connectivity index (χ1v) is 27.4. The Balaban J connectivity index is 0.000000234. The van der Waals surface area contributed by atoms with Crippen LogP contribution in [0.25, 0.3) is 46.6 Å². The second kappa shape index (κ2) is 23.8. The maximum Gasteiger partial charge on any atom is 0.335 e. The number of aryl methyl sites for hydroxylation is 4. The molecule has 0 atom stereocenters. The molecule has 6 nitrogen and oxygen atoms in total. The lowest BCUT2D eigenvalue weighted by Crippen LogP contribution is -2.03. The Hall–Kier alpha value is -2.98. The Morgan fingerprint density at radius 1 is 0.500 bits per heavy atom. The van der Waals surface area contributed by atoms with Crippen LogP contribution in [0.1, 0.15) is 82.0 Å².